The number of carbonyl (C=O) groups excluding carboxylic acids is 1. The van der Waals surface area contributed by atoms with Crippen molar-refractivity contribution in [2.75, 3.05) is 38.7 Å². The van der Waals surface area contributed by atoms with Crippen molar-refractivity contribution in [1.82, 2.24) is 10.2 Å². The van der Waals surface area contributed by atoms with E-state index in [-0.39, 0.29) is 7.33 Å². The molecule has 0 radical (unpaired) electrons. The summed E-state index contributed by atoms with van der Waals surface area (Å²) in [6.07, 6.45) is 7.56. The van der Waals surface area contributed by atoms with Gasteiger partial charge in [-0.05, 0) is 58.4 Å². The molecule has 25 heavy (non-hydrogen) atoms. The second-order valence-corrected chi connectivity index (χ2v) is 9.51. The van der Waals surface area contributed by atoms with Crippen molar-refractivity contribution in [3.63, 3.8) is 0 Å². The van der Waals surface area contributed by atoms with Crippen LogP contribution >= 0.6 is 21.6 Å². The Balaban J connectivity index is 0.00000201. The van der Waals surface area contributed by atoms with Gasteiger partial charge in [-0.15, -0.1) is 0 Å². The van der Waals surface area contributed by atoms with Gasteiger partial charge in [-0.25, -0.2) is 0 Å². The monoisotopic (exact) mass is 388 g/mol. The number of nitrogens with zero attached hydrogens (tertiary/aromatic N) is 1. The minimum Gasteiger partial charge on any atom is -0.478 e. The highest BCUT2D eigenvalue weighted by Crippen LogP contribution is 2.44. The molecule has 6 heteroatoms. The summed E-state index contributed by atoms with van der Waals surface area (Å²) in [5, 5.41) is 2.97. The zero-order chi connectivity index (χ0) is 18.9. The third kappa shape index (κ3) is 8.56. The van der Waals surface area contributed by atoms with E-state index in [1.165, 1.54) is 6.42 Å². The molecule has 0 saturated heterocycles. The lowest BCUT2D eigenvalue weighted by Gasteiger charge is -2.26. The maximum absolute atomic E-state index is 12.3. The smallest absolute Gasteiger partial charge is 0.263 e. The van der Waals surface area contributed by atoms with Gasteiger partial charge in [-0.1, -0.05) is 41.5 Å². The lowest BCUT2D eigenvalue weighted by atomic mass is 10.1. The van der Waals surface area contributed by atoms with Crippen molar-refractivity contribution in [3.05, 3.63) is 24.0 Å². The van der Waals surface area contributed by atoms with Gasteiger partial charge in [0.2, 0.25) is 0 Å². The Morgan fingerprint density at radius 1 is 1.32 bits per heavy atom. The van der Waals surface area contributed by atoms with Gasteiger partial charge >= 0.3 is 0 Å². The summed E-state index contributed by atoms with van der Waals surface area (Å²) in [7, 11) is 7.80. The van der Waals surface area contributed by atoms with Crippen LogP contribution in [0.1, 0.15) is 35.5 Å². The fourth-order valence-corrected chi connectivity index (χ4v) is 4.34. The Bertz CT molecular complexity index is 482. The highest BCUT2D eigenvalue weighted by atomic mass is 33.1. The predicted octanol–water partition coefficient (Wildman–Crippen LogP) is 4.20. The van der Waals surface area contributed by atoms with Crippen LogP contribution in [0.5, 0.6) is 0 Å². The molecule has 0 aromatic heterocycles. The zero-order valence-electron chi connectivity index (χ0n) is 16.5. The minimum absolute atomic E-state index is 0. The molecule has 2 unspecified atom stereocenters. The van der Waals surface area contributed by atoms with E-state index in [9.17, 15) is 4.79 Å². The number of allylic oxidation sites excluding steroid dienone is 3. The standard InChI is InChI=1S/C17H28N2O2S2.C2H6.H2/c1-17(2,21-15-6-5-13-11-14(13)12-15)16(20)18-7-9-22-23-10-8-19(3)4;1-2;/h5-6,12-14H,7-11H2,1-4H3,(H,18,20);1-2H3;1H. The van der Waals surface area contributed by atoms with E-state index in [0.29, 0.717) is 18.4 Å². The molecular weight excluding hydrogens is 352 g/mol. The second-order valence-electron chi connectivity index (χ2n) is 6.81. The van der Waals surface area contributed by atoms with Crippen molar-refractivity contribution in [1.29, 1.82) is 0 Å². The average Bonchev–Trinajstić information content (AvgIpc) is 3.33. The summed E-state index contributed by atoms with van der Waals surface area (Å²) >= 11 is 0. The topological polar surface area (TPSA) is 41.6 Å². The predicted molar refractivity (Wildman–Crippen MR) is 114 cm³/mol. The first-order valence-electron chi connectivity index (χ1n) is 9.15. The van der Waals surface area contributed by atoms with E-state index in [4.69, 9.17) is 4.74 Å². The maximum Gasteiger partial charge on any atom is 0.263 e. The minimum atomic E-state index is -0.833. The second kappa shape index (κ2) is 11.2. The molecule has 0 heterocycles. The molecule has 0 spiro atoms. The van der Waals surface area contributed by atoms with E-state index in [2.05, 4.69) is 36.5 Å². The first-order valence-corrected chi connectivity index (χ1v) is 11.6. The van der Waals surface area contributed by atoms with E-state index in [0.717, 1.165) is 23.8 Å². The molecule has 1 N–H and O–H groups in total. The summed E-state index contributed by atoms with van der Waals surface area (Å²) < 4.78 is 5.90. The number of amides is 1. The number of hydrogen-bond donors (Lipinski definition) is 1. The molecule has 0 aliphatic heterocycles. The van der Waals surface area contributed by atoms with Gasteiger partial charge in [-0.3, -0.25) is 4.79 Å². The number of rotatable bonds is 10. The maximum atomic E-state index is 12.3. The molecule has 146 valence electrons. The quantitative estimate of drug-likeness (QED) is 0.449. The number of hydrogen-bond acceptors (Lipinski definition) is 5. The number of carbonyl (C=O) groups is 1. The molecule has 2 rings (SSSR count). The van der Waals surface area contributed by atoms with Crippen LogP contribution in [-0.2, 0) is 9.53 Å². The molecule has 0 aromatic carbocycles. The van der Waals surface area contributed by atoms with E-state index in [1.54, 1.807) is 10.8 Å². The average molecular weight is 389 g/mol. The van der Waals surface area contributed by atoms with Crippen LogP contribution in [-0.4, -0.2) is 55.1 Å². The highest BCUT2D eigenvalue weighted by molar-refractivity contribution is 8.76. The van der Waals surface area contributed by atoms with Crippen LogP contribution < -0.4 is 5.32 Å². The molecule has 1 saturated carbocycles. The third-order valence-corrected chi connectivity index (χ3v) is 6.26. The summed E-state index contributed by atoms with van der Waals surface area (Å²) in [5.74, 6) is 4.13. The van der Waals surface area contributed by atoms with Crippen LogP contribution in [0.2, 0.25) is 0 Å². The van der Waals surface area contributed by atoms with Crippen LogP contribution in [0.25, 0.3) is 0 Å². The van der Waals surface area contributed by atoms with Crippen molar-refractivity contribution in [2.45, 2.75) is 39.7 Å². The van der Waals surface area contributed by atoms with Crippen molar-refractivity contribution >= 4 is 27.5 Å². The van der Waals surface area contributed by atoms with Crippen molar-refractivity contribution < 1.29 is 11.0 Å². The Morgan fingerprint density at radius 2 is 2.00 bits per heavy atom. The molecule has 1 fully saturated rings. The molecule has 0 bridgehead atoms. The first-order chi connectivity index (χ1) is 11.9. The van der Waals surface area contributed by atoms with Crippen molar-refractivity contribution in [3.8, 4) is 0 Å². The Kier molecular flexibility index (Phi) is 10.1. The van der Waals surface area contributed by atoms with Gasteiger partial charge < -0.3 is 15.0 Å². The summed E-state index contributed by atoms with van der Waals surface area (Å²) in [6.45, 7) is 9.41. The number of nitrogens with one attached hydrogen (secondary N) is 1. The molecule has 2 aliphatic carbocycles. The van der Waals surface area contributed by atoms with Crippen LogP contribution in [0, 0.1) is 11.8 Å². The lowest BCUT2D eigenvalue weighted by Crippen LogP contribution is -2.44. The number of fused-ring (bicyclic) bond motifs is 1. The van der Waals surface area contributed by atoms with Crippen molar-refractivity contribution in [2.24, 2.45) is 11.8 Å². The van der Waals surface area contributed by atoms with Gasteiger partial charge in [0.1, 0.15) is 5.76 Å². The van der Waals surface area contributed by atoms with Gasteiger partial charge in [0, 0.05) is 26.0 Å². The molecule has 2 atom stereocenters. The largest absolute Gasteiger partial charge is 0.478 e. The molecular formula is C19H36N2O2S2. The van der Waals surface area contributed by atoms with Gasteiger partial charge in [0.25, 0.3) is 5.91 Å². The summed E-state index contributed by atoms with van der Waals surface area (Å²) in [5.41, 5.74) is -0.833. The van der Waals surface area contributed by atoms with E-state index in [1.807, 2.05) is 44.6 Å². The first kappa shape index (κ1) is 22.5. The fourth-order valence-electron chi connectivity index (χ4n) is 2.30. The Morgan fingerprint density at radius 3 is 2.64 bits per heavy atom. The molecule has 0 aromatic rings. The highest BCUT2D eigenvalue weighted by Gasteiger charge is 2.37. The fraction of sp³-hybridized carbons (Fsp3) is 0.737. The van der Waals surface area contributed by atoms with Gasteiger partial charge in [0.05, 0.1) is 0 Å². The molecule has 1 amide bonds. The number of ether oxygens (including phenoxy) is 1. The van der Waals surface area contributed by atoms with Crippen LogP contribution in [0.3, 0.4) is 0 Å². The summed E-state index contributed by atoms with van der Waals surface area (Å²) in [6, 6.07) is 0. The van der Waals surface area contributed by atoms with E-state index >= 15 is 0 Å². The van der Waals surface area contributed by atoms with Crippen LogP contribution in [0.4, 0.5) is 0 Å². The summed E-state index contributed by atoms with van der Waals surface area (Å²) in [4.78, 5) is 14.5. The third-order valence-electron chi connectivity index (χ3n) is 3.87. The SMILES string of the molecule is CC.CN(C)CCSSCCNC(=O)C(C)(C)OC1=CC2CC2C=C1.[HH]. The van der Waals surface area contributed by atoms with Crippen LogP contribution in [0.15, 0.2) is 24.0 Å². The van der Waals surface area contributed by atoms with Gasteiger partial charge in [-0.2, -0.15) is 0 Å². The van der Waals surface area contributed by atoms with Gasteiger partial charge in [0.15, 0.2) is 5.60 Å². The normalized spacial score (nSPS) is 21.0. The van der Waals surface area contributed by atoms with E-state index < -0.39 is 5.60 Å². The Hall–Kier alpha value is -0.590. The molecule has 4 nitrogen and oxygen atoms in total. The Labute approximate surface area is 163 Å². The molecule has 2 aliphatic rings. The zero-order valence-corrected chi connectivity index (χ0v) is 18.1. The lowest BCUT2D eigenvalue weighted by molar-refractivity contribution is -0.137.